The normalized spacial score (nSPS) is 21.8. The Balaban J connectivity index is 1.67. The average molecular weight is 367 g/mol. The Labute approximate surface area is 152 Å². The molecule has 0 aromatic heterocycles. The first-order valence-corrected chi connectivity index (χ1v) is 10.9. The third-order valence-corrected chi connectivity index (χ3v) is 7.64. The molecule has 2 aliphatic rings. The number of aryl methyl sites for hydroxylation is 1. The molecule has 1 aromatic carbocycles. The highest BCUT2D eigenvalue weighted by Crippen LogP contribution is 2.28. The van der Waals surface area contributed by atoms with Gasteiger partial charge in [-0.05, 0) is 69.5 Å². The molecule has 2 saturated heterocycles. The van der Waals surface area contributed by atoms with Crippen molar-refractivity contribution in [1.29, 1.82) is 0 Å². The molecule has 1 aromatic rings. The van der Waals surface area contributed by atoms with Crippen molar-refractivity contribution < 1.29 is 13.2 Å². The van der Waals surface area contributed by atoms with Crippen LogP contribution < -0.4 is 4.74 Å². The van der Waals surface area contributed by atoms with Gasteiger partial charge < -0.3 is 9.64 Å². The highest BCUT2D eigenvalue weighted by molar-refractivity contribution is 7.89. The molecule has 0 atom stereocenters. The molecule has 3 rings (SSSR count). The van der Waals surface area contributed by atoms with Crippen molar-refractivity contribution in [3.8, 4) is 5.75 Å². The third kappa shape index (κ3) is 4.18. The van der Waals surface area contributed by atoms with Gasteiger partial charge in [-0.25, -0.2) is 8.42 Å². The molecule has 0 unspecified atom stereocenters. The van der Waals surface area contributed by atoms with Crippen LogP contribution in [0.5, 0.6) is 5.75 Å². The molecule has 2 heterocycles. The zero-order valence-electron chi connectivity index (χ0n) is 15.4. The molecule has 6 heteroatoms. The van der Waals surface area contributed by atoms with E-state index in [1.54, 1.807) is 29.6 Å². The highest BCUT2D eigenvalue weighted by Gasteiger charge is 2.32. The van der Waals surface area contributed by atoms with Crippen molar-refractivity contribution in [1.82, 2.24) is 9.21 Å². The molecule has 5 nitrogen and oxygen atoms in total. The van der Waals surface area contributed by atoms with Gasteiger partial charge in [0.05, 0.1) is 12.0 Å². The summed E-state index contributed by atoms with van der Waals surface area (Å²) in [4.78, 5) is 3.00. The number of methoxy groups -OCH3 is 1. The van der Waals surface area contributed by atoms with E-state index in [0.29, 0.717) is 29.8 Å². The van der Waals surface area contributed by atoms with Crippen LogP contribution in [-0.4, -0.2) is 57.0 Å². The summed E-state index contributed by atoms with van der Waals surface area (Å²) >= 11 is 0. The van der Waals surface area contributed by atoms with E-state index in [1.807, 2.05) is 6.92 Å². The van der Waals surface area contributed by atoms with E-state index in [1.165, 1.54) is 38.8 Å². The van der Waals surface area contributed by atoms with Crippen LogP contribution >= 0.6 is 0 Å². The molecule has 0 radical (unpaired) electrons. The van der Waals surface area contributed by atoms with E-state index in [4.69, 9.17) is 4.74 Å². The number of piperidine rings is 1. The van der Waals surface area contributed by atoms with Gasteiger partial charge in [0.15, 0.2) is 0 Å². The predicted octanol–water partition coefficient (Wildman–Crippen LogP) is 3.03. The van der Waals surface area contributed by atoms with Crippen molar-refractivity contribution in [2.24, 2.45) is 0 Å². The minimum Gasteiger partial charge on any atom is -0.497 e. The quantitative estimate of drug-likeness (QED) is 0.822. The van der Waals surface area contributed by atoms with Crippen LogP contribution in [0.1, 0.15) is 44.1 Å². The second kappa shape index (κ2) is 8.06. The molecule has 2 aliphatic heterocycles. The maximum Gasteiger partial charge on any atom is 0.243 e. The molecule has 0 saturated carbocycles. The molecule has 25 heavy (non-hydrogen) atoms. The van der Waals surface area contributed by atoms with Gasteiger partial charge in [0.2, 0.25) is 10.0 Å². The molecule has 2 fully saturated rings. The number of benzene rings is 1. The monoisotopic (exact) mass is 366 g/mol. The molecule has 0 N–H and O–H groups in total. The Morgan fingerprint density at radius 1 is 1.00 bits per heavy atom. The minimum absolute atomic E-state index is 0.404. The fraction of sp³-hybridized carbons (Fsp3) is 0.684. The Morgan fingerprint density at radius 3 is 2.20 bits per heavy atom. The van der Waals surface area contributed by atoms with Gasteiger partial charge in [-0.1, -0.05) is 12.8 Å². The number of hydrogen-bond donors (Lipinski definition) is 0. The van der Waals surface area contributed by atoms with E-state index in [2.05, 4.69) is 4.90 Å². The fourth-order valence-electron chi connectivity index (χ4n) is 4.09. The zero-order valence-corrected chi connectivity index (χ0v) is 16.2. The highest BCUT2D eigenvalue weighted by atomic mass is 32.2. The molecular weight excluding hydrogens is 336 g/mol. The fourth-order valence-corrected chi connectivity index (χ4v) is 5.76. The maximum atomic E-state index is 13.0. The van der Waals surface area contributed by atoms with Crippen LogP contribution in [0.25, 0.3) is 0 Å². The van der Waals surface area contributed by atoms with E-state index < -0.39 is 10.0 Å². The number of rotatable bonds is 4. The Hall–Kier alpha value is -1.11. The van der Waals surface area contributed by atoms with E-state index in [0.717, 1.165) is 18.4 Å². The molecule has 140 valence electrons. The first-order chi connectivity index (χ1) is 12.0. The number of hydrogen-bond acceptors (Lipinski definition) is 4. The molecule has 0 spiro atoms. The zero-order chi connectivity index (χ0) is 17.9. The van der Waals surface area contributed by atoms with Gasteiger partial charge in [-0.15, -0.1) is 0 Å². The first-order valence-electron chi connectivity index (χ1n) is 9.41. The summed E-state index contributed by atoms with van der Waals surface area (Å²) in [5.41, 5.74) is 0.744. The lowest BCUT2D eigenvalue weighted by molar-refractivity contribution is 0.144. The minimum atomic E-state index is -3.42. The van der Waals surface area contributed by atoms with Gasteiger partial charge >= 0.3 is 0 Å². The Morgan fingerprint density at radius 2 is 1.64 bits per heavy atom. The van der Waals surface area contributed by atoms with Crippen LogP contribution in [0.4, 0.5) is 0 Å². The summed E-state index contributed by atoms with van der Waals surface area (Å²) in [6.45, 7) is 5.42. The maximum absolute atomic E-state index is 13.0. The number of likely N-dealkylation sites (tertiary alicyclic amines) is 1. The van der Waals surface area contributed by atoms with Crippen molar-refractivity contribution in [3.05, 3.63) is 23.8 Å². The van der Waals surface area contributed by atoms with Gasteiger partial charge in [-0.2, -0.15) is 4.31 Å². The topological polar surface area (TPSA) is 49.9 Å². The number of sulfonamides is 1. The second-order valence-electron chi connectivity index (χ2n) is 7.22. The van der Waals surface area contributed by atoms with E-state index >= 15 is 0 Å². The summed E-state index contributed by atoms with van der Waals surface area (Å²) < 4.78 is 32.9. The van der Waals surface area contributed by atoms with Gasteiger partial charge in [0, 0.05) is 19.1 Å². The van der Waals surface area contributed by atoms with Crippen molar-refractivity contribution in [2.75, 3.05) is 33.3 Å². The summed E-state index contributed by atoms with van der Waals surface area (Å²) in [7, 11) is -1.83. The summed E-state index contributed by atoms with van der Waals surface area (Å²) in [6, 6.07) is 5.73. The molecular formula is C19H30N2O3S. The smallest absolute Gasteiger partial charge is 0.243 e. The predicted molar refractivity (Wildman–Crippen MR) is 99.6 cm³/mol. The molecule has 0 amide bonds. The van der Waals surface area contributed by atoms with Crippen molar-refractivity contribution in [2.45, 2.75) is 56.4 Å². The molecule has 0 aliphatic carbocycles. The molecule has 0 bridgehead atoms. The Kier molecular flexibility index (Phi) is 6.02. The van der Waals surface area contributed by atoms with Gasteiger partial charge in [0.25, 0.3) is 0 Å². The van der Waals surface area contributed by atoms with Gasteiger partial charge in [0.1, 0.15) is 5.75 Å². The standard InChI is InChI=1S/C19H30N2O3S/c1-16-15-18(24-2)7-8-19(16)25(22,23)21-13-9-17(10-14-21)20-11-5-3-4-6-12-20/h7-8,15,17H,3-6,9-14H2,1-2H3. The SMILES string of the molecule is COc1ccc(S(=O)(=O)N2CCC(N3CCCCCC3)CC2)c(C)c1. The third-order valence-electron chi connectivity index (χ3n) is 5.58. The second-order valence-corrected chi connectivity index (χ2v) is 9.12. The number of nitrogens with zero attached hydrogens (tertiary/aromatic N) is 2. The van der Waals surface area contributed by atoms with E-state index in [-0.39, 0.29) is 0 Å². The largest absolute Gasteiger partial charge is 0.497 e. The Bertz CT molecular complexity index is 674. The van der Waals surface area contributed by atoms with E-state index in [9.17, 15) is 8.42 Å². The lowest BCUT2D eigenvalue weighted by Gasteiger charge is -2.37. The summed E-state index contributed by atoms with van der Waals surface area (Å²) in [5.74, 6) is 0.691. The lowest BCUT2D eigenvalue weighted by Crippen LogP contribution is -2.47. The van der Waals surface area contributed by atoms with Crippen LogP contribution in [0.2, 0.25) is 0 Å². The summed E-state index contributed by atoms with van der Waals surface area (Å²) in [6.07, 6.45) is 7.11. The first kappa shape index (κ1) is 18.7. The van der Waals surface area contributed by atoms with Crippen molar-refractivity contribution in [3.63, 3.8) is 0 Å². The van der Waals surface area contributed by atoms with Crippen molar-refractivity contribution >= 4 is 10.0 Å². The van der Waals surface area contributed by atoms with Crippen LogP contribution in [-0.2, 0) is 10.0 Å². The van der Waals surface area contributed by atoms with Crippen LogP contribution in [0.15, 0.2) is 23.1 Å². The number of ether oxygens (including phenoxy) is 1. The van der Waals surface area contributed by atoms with Crippen LogP contribution in [0, 0.1) is 6.92 Å². The average Bonchev–Trinajstić information content (AvgIpc) is 2.91. The van der Waals surface area contributed by atoms with Gasteiger partial charge in [-0.3, -0.25) is 0 Å². The lowest BCUT2D eigenvalue weighted by atomic mass is 10.0. The summed E-state index contributed by atoms with van der Waals surface area (Å²) in [5, 5.41) is 0. The van der Waals surface area contributed by atoms with Crippen LogP contribution in [0.3, 0.4) is 0 Å².